The Morgan fingerprint density at radius 2 is 2.05 bits per heavy atom. The van der Waals surface area contributed by atoms with Gasteiger partial charge >= 0.3 is 0 Å². The zero-order valence-corrected chi connectivity index (χ0v) is 12.9. The molecule has 1 aromatic heterocycles. The number of halogens is 1. The molecule has 2 aromatic rings. The monoisotopic (exact) mass is 307 g/mol. The molecule has 21 heavy (non-hydrogen) atoms. The van der Waals surface area contributed by atoms with Gasteiger partial charge in [0, 0.05) is 5.02 Å². The Bertz CT molecular complexity index is 593. The van der Waals surface area contributed by atoms with Crippen LogP contribution in [0.1, 0.15) is 30.0 Å². The highest BCUT2D eigenvalue weighted by Crippen LogP contribution is 2.16. The van der Waals surface area contributed by atoms with Crippen LogP contribution in [0.5, 0.6) is 5.75 Å². The van der Waals surface area contributed by atoms with Gasteiger partial charge in [-0.1, -0.05) is 30.7 Å². The van der Waals surface area contributed by atoms with E-state index in [2.05, 4.69) is 24.2 Å². The lowest BCUT2D eigenvalue weighted by Crippen LogP contribution is -2.14. The van der Waals surface area contributed by atoms with Gasteiger partial charge in [0.05, 0.1) is 12.2 Å². The van der Waals surface area contributed by atoms with Crippen molar-refractivity contribution in [3.63, 3.8) is 0 Å². The maximum atomic E-state index is 11.0. The number of benzene rings is 1. The van der Waals surface area contributed by atoms with Crippen LogP contribution in [0, 0.1) is 5.92 Å². The number of aldehydes is 1. The molecular weight excluding hydrogens is 290 g/mol. The van der Waals surface area contributed by atoms with Crippen LogP contribution in [0.25, 0.3) is 0 Å². The van der Waals surface area contributed by atoms with Crippen LogP contribution in [0.2, 0.25) is 5.02 Å². The van der Waals surface area contributed by atoms with Gasteiger partial charge in [-0.2, -0.15) is 0 Å². The molecule has 1 heterocycles. The van der Waals surface area contributed by atoms with Crippen molar-refractivity contribution < 1.29 is 9.53 Å². The molecule has 0 fully saturated rings. The van der Waals surface area contributed by atoms with E-state index in [9.17, 15) is 4.79 Å². The minimum Gasteiger partial charge on any atom is -0.492 e. The first-order chi connectivity index (χ1) is 10.1. The van der Waals surface area contributed by atoms with Crippen molar-refractivity contribution in [3.8, 4) is 5.75 Å². The topological polar surface area (TPSA) is 57.0 Å². The molecule has 6 heteroatoms. The van der Waals surface area contributed by atoms with E-state index >= 15 is 0 Å². The quantitative estimate of drug-likeness (QED) is 0.738. The Labute approximate surface area is 128 Å². The molecule has 2 rings (SSSR count). The number of aromatic nitrogens is 3. The summed E-state index contributed by atoms with van der Waals surface area (Å²) in [7, 11) is 0. The highest BCUT2D eigenvalue weighted by molar-refractivity contribution is 6.30. The molecule has 0 spiro atoms. The van der Waals surface area contributed by atoms with E-state index in [1.165, 1.54) is 0 Å². The van der Waals surface area contributed by atoms with Crippen molar-refractivity contribution in [2.24, 2.45) is 5.92 Å². The fourth-order valence-corrected chi connectivity index (χ4v) is 2.12. The first-order valence-electron chi connectivity index (χ1n) is 6.86. The van der Waals surface area contributed by atoms with Crippen molar-refractivity contribution in [2.75, 3.05) is 6.61 Å². The molecule has 0 N–H and O–H groups in total. The Morgan fingerprint density at radius 1 is 1.33 bits per heavy atom. The second-order valence-corrected chi connectivity index (χ2v) is 5.60. The first kappa shape index (κ1) is 15.5. The van der Waals surface area contributed by atoms with E-state index in [0.29, 0.717) is 29.8 Å². The van der Waals surface area contributed by atoms with Crippen LogP contribution >= 0.6 is 11.6 Å². The summed E-state index contributed by atoms with van der Waals surface area (Å²) in [5, 5.41) is 8.59. The average molecular weight is 308 g/mol. The molecule has 0 saturated carbocycles. The summed E-state index contributed by atoms with van der Waals surface area (Å²) in [6, 6.07) is 7.19. The van der Waals surface area contributed by atoms with E-state index < -0.39 is 0 Å². The van der Waals surface area contributed by atoms with Crippen LogP contribution in [-0.4, -0.2) is 27.9 Å². The number of carbonyl (C=O) groups is 1. The van der Waals surface area contributed by atoms with Gasteiger partial charge in [0.1, 0.15) is 18.1 Å². The van der Waals surface area contributed by atoms with Crippen LogP contribution in [0.4, 0.5) is 0 Å². The standard InChI is InChI=1S/C15H18ClN3O2/c1-11(2)9-15-14(10-20)17-18-19(15)7-8-21-13-5-3-12(16)4-6-13/h3-6,10-11H,7-9H2,1-2H3. The van der Waals surface area contributed by atoms with E-state index in [1.54, 1.807) is 16.8 Å². The van der Waals surface area contributed by atoms with Gasteiger partial charge in [0.15, 0.2) is 6.29 Å². The van der Waals surface area contributed by atoms with Crippen LogP contribution < -0.4 is 4.74 Å². The number of carbonyl (C=O) groups excluding carboxylic acids is 1. The van der Waals surface area contributed by atoms with Gasteiger partial charge in [0.2, 0.25) is 0 Å². The van der Waals surface area contributed by atoms with E-state index in [-0.39, 0.29) is 0 Å². The van der Waals surface area contributed by atoms with Crippen molar-refractivity contribution in [1.29, 1.82) is 0 Å². The fourth-order valence-electron chi connectivity index (χ4n) is 1.99. The molecule has 0 aliphatic carbocycles. The number of hydrogen-bond donors (Lipinski definition) is 0. The highest BCUT2D eigenvalue weighted by Gasteiger charge is 2.13. The van der Waals surface area contributed by atoms with Crippen LogP contribution in [-0.2, 0) is 13.0 Å². The summed E-state index contributed by atoms with van der Waals surface area (Å²) in [5.74, 6) is 1.18. The summed E-state index contributed by atoms with van der Waals surface area (Å²) >= 11 is 5.82. The fraction of sp³-hybridized carbons (Fsp3) is 0.400. The van der Waals surface area contributed by atoms with Crippen molar-refractivity contribution in [2.45, 2.75) is 26.8 Å². The lowest BCUT2D eigenvalue weighted by Gasteiger charge is -2.10. The summed E-state index contributed by atoms with van der Waals surface area (Å²) in [6.45, 7) is 5.19. The SMILES string of the molecule is CC(C)Cc1c(C=O)nnn1CCOc1ccc(Cl)cc1. The number of ether oxygens (including phenoxy) is 1. The molecule has 0 saturated heterocycles. The van der Waals surface area contributed by atoms with Crippen LogP contribution in [0.15, 0.2) is 24.3 Å². The lowest BCUT2D eigenvalue weighted by molar-refractivity contribution is 0.111. The molecular formula is C15H18ClN3O2. The molecule has 0 unspecified atom stereocenters. The Kier molecular flexibility index (Phi) is 5.33. The molecule has 0 aliphatic rings. The summed E-state index contributed by atoms with van der Waals surface area (Å²) in [6.07, 6.45) is 1.52. The minimum absolute atomic E-state index is 0.412. The zero-order valence-electron chi connectivity index (χ0n) is 12.1. The second kappa shape index (κ2) is 7.22. The molecule has 5 nitrogen and oxygen atoms in total. The van der Waals surface area contributed by atoms with Gasteiger partial charge in [0.25, 0.3) is 0 Å². The number of nitrogens with zero attached hydrogens (tertiary/aromatic N) is 3. The molecule has 0 amide bonds. The number of rotatable bonds is 7. The third kappa shape index (κ3) is 4.29. The van der Waals surface area contributed by atoms with E-state index in [4.69, 9.17) is 16.3 Å². The predicted molar refractivity (Wildman–Crippen MR) is 80.9 cm³/mol. The Morgan fingerprint density at radius 3 is 2.67 bits per heavy atom. The predicted octanol–water partition coefficient (Wildman–Crippen LogP) is 3.02. The van der Waals surface area contributed by atoms with Gasteiger partial charge in [-0.25, -0.2) is 4.68 Å². The summed E-state index contributed by atoms with van der Waals surface area (Å²) < 4.78 is 7.37. The van der Waals surface area contributed by atoms with Crippen molar-refractivity contribution >= 4 is 17.9 Å². The second-order valence-electron chi connectivity index (χ2n) is 5.16. The highest BCUT2D eigenvalue weighted by atomic mass is 35.5. The molecule has 0 atom stereocenters. The molecule has 0 radical (unpaired) electrons. The van der Waals surface area contributed by atoms with Gasteiger partial charge in [-0.15, -0.1) is 5.10 Å². The van der Waals surface area contributed by atoms with E-state index in [1.807, 2.05) is 12.1 Å². The van der Waals surface area contributed by atoms with Crippen molar-refractivity contribution in [1.82, 2.24) is 15.0 Å². The molecule has 0 bridgehead atoms. The number of hydrogen-bond acceptors (Lipinski definition) is 4. The third-order valence-corrected chi connectivity index (χ3v) is 3.22. The third-order valence-electron chi connectivity index (χ3n) is 2.97. The van der Waals surface area contributed by atoms with Gasteiger partial charge < -0.3 is 4.74 Å². The van der Waals surface area contributed by atoms with Gasteiger partial charge in [-0.05, 0) is 36.6 Å². The lowest BCUT2D eigenvalue weighted by atomic mass is 10.1. The maximum absolute atomic E-state index is 11.0. The van der Waals surface area contributed by atoms with Crippen LogP contribution in [0.3, 0.4) is 0 Å². The maximum Gasteiger partial charge on any atom is 0.172 e. The average Bonchev–Trinajstić information content (AvgIpc) is 2.83. The summed E-state index contributed by atoms with van der Waals surface area (Å²) in [5.41, 5.74) is 1.27. The van der Waals surface area contributed by atoms with E-state index in [0.717, 1.165) is 24.2 Å². The first-order valence-corrected chi connectivity index (χ1v) is 7.24. The smallest absolute Gasteiger partial charge is 0.172 e. The molecule has 112 valence electrons. The normalized spacial score (nSPS) is 10.9. The molecule has 0 aliphatic heterocycles. The van der Waals surface area contributed by atoms with Crippen molar-refractivity contribution in [3.05, 3.63) is 40.7 Å². The zero-order chi connectivity index (χ0) is 15.2. The largest absolute Gasteiger partial charge is 0.492 e. The Balaban J connectivity index is 1.98. The summed E-state index contributed by atoms with van der Waals surface area (Å²) in [4.78, 5) is 11.0. The van der Waals surface area contributed by atoms with Gasteiger partial charge in [-0.3, -0.25) is 4.79 Å². The molecule has 1 aromatic carbocycles. The minimum atomic E-state index is 0.412. The Hall–Kier alpha value is -1.88.